The number of nitrogens with zero attached hydrogens (tertiary/aromatic N) is 2. The Balaban J connectivity index is 1.86. The Morgan fingerprint density at radius 2 is 2.14 bits per heavy atom. The summed E-state index contributed by atoms with van der Waals surface area (Å²) in [5.74, 6) is 0. The number of hydrogen-bond donors (Lipinski definition) is 1. The minimum absolute atomic E-state index is 0.123. The fourth-order valence-electron chi connectivity index (χ4n) is 2.54. The van der Waals surface area contributed by atoms with Gasteiger partial charge in [0.05, 0.1) is 17.8 Å². The molecule has 0 bridgehead atoms. The Bertz CT molecular complexity index is 746. The second-order valence-electron chi connectivity index (χ2n) is 5.08. The van der Waals surface area contributed by atoms with Gasteiger partial charge in [-0.2, -0.15) is 0 Å². The average molecular weight is 299 g/mol. The number of fused-ring (bicyclic) bond motifs is 1. The number of aromatic amines is 1. The zero-order valence-electron chi connectivity index (χ0n) is 12.1. The molecule has 0 spiro atoms. The van der Waals surface area contributed by atoms with E-state index in [1.807, 2.05) is 30.3 Å². The standard InChI is InChI=1S/C16H17N3O3/c1-2-10-22-16(21)18-9-8-14-13(11-18)15(20)19(17-14)12-6-4-3-5-7-12/h2-7,17H,1,8-11H2. The van der Waals surface area contributed by atoms with Gasteiger partial charge in [0.2, 0.25) is 0 Å². The van der Waals surface area contributed by atoms with Gasteiger partial charge in [-0.1, -0.05) is 30.9 Å². The largest absolute Gasteiger partial charge is 0.445 e. The van der Waals surface area contributed by atoms with Crippen LogP contribution in [0.15, 0.2) is 47.8 Å². The van der Waals surface area contributed by atoms with Crippen LogP contribution in [0, 0.1) is 0 Å². The monoisotopic (exact) mass is 299 g/mol. The van der Waals surface area contributed by atoms with Crippen LogP contribution in [-0.4, -0.2) is 33.9 Å². The van der Waals surface area contributed by atoms with Gasteiger partial charge in [0.25, 0.3) is 5.56 Å². The van der Waals surface area contributed by atoms with Gasteiger partial charge in [-0.15, -0.1) is 0 Å². The molecule has 0 saturated heterocycles. The van der Waals surface area contributed by atoms with E-state index < -0.39 is 6.09 Å². The topological polar surface area (TPSA) is 67.3 Å². The van der Waals surface area contributed by atoms with Crippen LogP contribution < -0.4 is 5.56 Å². The number of para-hydroxylation sites is 1. The van der Waals surface area contributed by atoms with E-state index in [4.69, 9.17) is 4.74 Å². The summed E-state index contributed by atoms with van der Waals surface area (Å²) in [7, 11) is 0. The van der Waals surface area contributed by atoms with E-state index in [0.29, 0.717) is 18.5 Å². The second kappa shape index (κ2) is 5.93. The maximum absolute atomic E-state index is 12.5. The molecule has 0 saturated carbocycles. The molecule has 6 nitrogen and oxygen atoms in total. The first-order chi connectivity index (χ1) is 10.7. The fraction of sp³-hybridized carbons (Fsp3) is 0.250. The van der Waals surface area contributed by atoms with Crippen molar-refractivity contribution in [2.24, 2.45) is 0 Å². The van der Waals surface area contributed by atoms with Crippen molar-refractivity contribution in [2.75, 3.05) is 13.2 Å². The van der Waals surface area contributed by atoms with Gasteiger partial charge >= 0.3 is 6.09 Å². The summed E-state index contributed by atoms with van der Waals surface area (Å²) < 4.78 is 6.54. The SMILES string of the molecule is C=CCOC(=O)N1CCc2[nH]n(-c3ccccc3)c(=O)c2C1. The molecule has 1 aliphatic heterocycles. The van der Waals surface area contributed by atoms with Crippen molar-refractivity contribution in [2.45, 2.75) is 13.0 Å². The molecule has 2 aromatic rings. The van der Waals surface area contributed by atoms with E-state index in [-0.39, 0.29) is 18.7 Å². The summed E-state index contributed by atoms with van der Waals surface area (Å²) >= 11 is 0. The van der Waals surface area contributed by atoms with E-state index in [9.17, 15) is 9.59 Å². The Morgan fingerprint density at radius 1 is 1.36 bits per heavy atom. The molecule has 1 amide bonds. The summed E-state index contributed by atoms with van der Waals surface area (Å²) in [6.45, 7) is 4.47. The van der Waals surface area contributed by atoms with E-state index in [1.165, 1.54) is 15.7 Å². The molecule has 6 heteroatoms. The van der Waals surface area contributed by atoms with Gasteiger partial charge in [-0.3, -0.25) is 9.89 Å². The number of ether oxygens (including phenoxy) is 1. The van der Waals surface area contributed by atoms with Crippen molar-refractivity contribution in [1.82, 2.24) is 14.7 Å². The molecule has 0 aliphatic carbocycles. The highest BCUT2D eigenvalue weighted by molar-refractivity contribution is 5.68. The van der Waals surface area contributed by atoms with Crippen LogP contribution >= 0.6 is 0 Å². The maximum atomic E-state index is 12.5. The minimum Gasteiger partial charge on any atom is -0.445 e. The van der Waals surface area contributed by atoms with Crippen molar-refractivity contribution in [1.29, 1.82) is 0 Å². The van der Waals surface area contributed by atoms with E-state index >= 15 is 0 Å². The molecule has 1 N–H and O–H groups in total. The number of nitrogens with one attached hydrogen (secondary N) is 1. The van der Waals surface area contributed by atoms with Crippen LogP contribution in [0.3, 0.4) is 0 Å². The maximum Gasteiger partial charge on any atom is 0.410 e. The molecule has 0 unspecified atom stereocenters. The minimum atomic E-state index is -0.419. The fourth-order valence-corrected chi connectivity index (χ4v) is 2.54. The second-order valence-corrected chi connectivity index (χ2v) is 5.08. The lowest BCUT2D eigenvalue weighted by Gasteiger charge is -2.24. The highest BCUT2D eigenvalue weighted by atomic mass is 16.6. The highest BCUT2D eigenvalue weighted by Crippen LogP contribution is 2.16. The van der Waals surface area contributed by atoms with Crippen LogP contribution in [-0.2, 0) is 17.7 Å². The summed E-state index contributed by atoms with van der Waals surface area (Å²) in [6, 6.07) is 9.37. The van der Waals surface area contributed by atoms with Gasteiger partial charge in [0.1, 0.15) is 6.61 Å². The number of H-pyrrole nitrogens is 1. The zero-order valence-corrected chi connectivity index (χ0v) is 12.1. The Kier molecular flexibility index (Phi) is 3.82. The Morgan fingerprint density at radius 3 is 2.86 bits per heavy atom. The summed E-state index contributed by atoms with van der Waals surface area (Å²) in [6.07, 6.45) is 1.71. The molecule has 1 aliphatic rings. The number of amides is 1. The van der Waals surface area contributed by atoms with Crippen LogP contribution in [0.4, 0.5) is 4.79 Å². The lowest BCUT2D eigenvalue weighted by molar-refractivity contribution is 0.107. The molecule has 0 fully saturated rings. The van der Waals surface area contributed by atoms with Gasteiger partial charge in [-0.05, 0) is 12.1 Å². The molecule has 22 heavy (non-hydrogen) atoms. The van der Waals surface area contributed by atoms with Crippen LogP contribution in [0.25, 0.3) is 5.69 Å². The number of benzene rings is 1. The normalized spacial score (nSPS) is 13.5. The van der Waals surface area contributed by atoms with Crippen molar-refractivity contribution in [3.63, 3.8) is 0 Å². The predicted octanol–water partition coefficient (Wildman–Crippen LogP) is 1.85. The molecule has 0 atom stereocenters. The van der Waals surface area contributed by atoms with E-state index in [1.54, 1.807) is 0 Å². The summed E-state index contributed by atoms with van der Waals surface area (Å²) in [5.41, 5.74) is 2.15. The Labute approximate surface area is 127 Å². The Hall–Kier alpha value is -2.76. The van der Waals surface area contributed by atoms with Crippen molar-refractivity contribution in [3.8, 4) is 5.69 Å². The highest BCUT2D eigenvalue weighted by Gasteiger charge is 2.26. The predicted molar refractivity (Wildman–Crippen MR) is 82.0 cm³/mol. The third kappa shape index (κ3) is 2.55. The van der Waals surface area contributed by atoms with Crippen molar-refractivity contribution < 1.29 is 9.53 Å². The summed E-state index contributed by atoms with van der Waals surface area (Å²) in [4.78, 5) is 26.0. The van der Waals surface area contributed by atoms with Crippen LogP contribution in [0.5, 0.6) is 0 Å². The molecule has 3 rings (SSSR count). The quantitative estimate of drug-likeness (QED) is 0.879. The third-order valence-corrected chi connectivity index (χ3v) is 3.65. The van der Waals surface area contributed by atoms with Crippen LogP contribution in [0.1, 0.15) is 11.3 Å². The molecule has 1 aromatic carbocycles. The first-order valence-electron chi connectivity index (χ1n) is 7.11. The van der Waals surface area contributed by atoms with Crippen LogP contribution in [0.2, 0.25) is 0 Å². The molecule has 0 radical (unpaired) electrons. The molecule has 114 valence electrons. The first-order valence-corrected chi connectivity index (χ1v) is 7.11. The van der Waals surface area contributed by atoms with Gasteiger partial charge in [0, 0.05) is 18.7 Å². The smallest absolute Gasteiger partial charge is 0.410 e. The number of aromatic nitrogens is 2. The van der Waals surface area contributed by atoms with E-state index in [2.05, 4.69) is 11.7 Å². The number of carbonyl (C=O) groups is 1. The van der Waals surface area contributed by atoms with Gasteiger partial charge in [0.15, 0.2) is 0 Å². The third-order valence-electron chi connectivity index (χ3n) is 3.65. The number of rotatable bonds is 3. The van der Waals surface area contributed by atoms with Gasteiger partial charge in [-0.25, -0.2) is 9.48 Å². The zero-order chi connectivity index (χ0) is 15.5. The molecular weight excluding hydrogens is 282 g/mol. The molecule has 1 aromatic heterocycles. The first kappa shape index (κ1) is 14.2. The average Bonchev–Trinajstić information content (AvgIpc) is 2.90. The number of hydrogen-bond acceptors (Lipinski definition) is 3. The van der Waals surface area contributed by atoms with Crippen molar-refractivity contribution in [3.05, 3.63) is 64.6 Å². The summed E-state index contributed by atoms with van der Waals surface area (Å²) in [5, 5.41) is 3.13. The lowest BCUT2D eigenvalue weighted by atomic mass is 10.1. The molecular formula is C16H17N3O3. The lowest BCUT2D eigenvalue weighted by Crippen LogP contribution is -2.38. The van der Waals surface area contributed by atoms with E-state index in [0.717, 1.165) is 11.4 Å². The number of carbonyl (C=O) groups excluding carboxylic acids is 1. The van der Waals surface area contributed by atoms with Gasteiger partial charge < -0.3 is 9.64 Å². The molecule has 2 heterocycles. The van der Waals surface area contributed by atoms with Crippen molar-refractivity contribution >= 4 is 6.09 Å².